The monoisotopic (exact) mass is 356 g/mol. The summed E-state index contributed by atoms with van der Waals surface area (Å²) in [5.74, 6) is -0.232. The van der Waals surface area contributed by atoms with Crippen molar-refractivity contribution in [3.63, 3.8) is 0 Å². The van der Waals surface area contributed by atoms with E-state index in [2.05, 4.69) is 29.7 Å². The topological polar surface area (TPSA) is 92.3 Å². The molecule has 0 amide bonds. The predicted octanol–water partition coefficient (Wildman–Crippen LogP) is 2.77. The number of nitrogens with two attached hydrogens (primary N) is 1. The second-order valence-corrected chi connectivity index (χ2v) is 12.4. The first-order chi connectivity index (χ1) is 10.7. The highest BCUT2D eigenvalue weighted by atomic mass is 35.5. The predicted molar refractivity (Wildman–Crippen MR) is 92.4 cm³/mol. The van der Waals surface area contributed by atoms with Crippen molar-refractivity contribution in [2.75, 3.05) is 19.5 Å². The second-order valence-electron chi connectivity index (χ2n) is 6.41. The van der Waals surface area contributed by atoms with E-state index < -0.39 is 14.0 Å². The molecule has 0 bridgehead atoms. The maximum atomic E-state index is 11.8. The Labute approximate surface area is 140 Å². The number of hydrogen-bond donors (Lipinski definition) is 1. The molecule has 0 aliphatic rings. The Morgan fingerprint density at radius 1 is 1.39 bits per heavy atom. The fraction of sp³-hybridized carbons (Fsp3) is 0.500. The van der Waals surface area contributed by atoms with Gasteiger partial charge in [-0.25, -0.2) is 14.5 Å². The van der Waals surface area contributed by atoms with Gasteiger partial charge in [0.05, 0.1) is 12.7 Å². The van der Waals surface area contributed by atoms with Crippen LogP contribution in [0.3, 0.4) is 0 Å². The first-order valence-corrected chi connectivity index (χ1v) is 11.3. The van der Waals surface area contributed by atoms with Crippen molar-refractivity contribution in [1.29, 1.82) is 0 Å². The van der Waals surface area contributed by atoms with E-state index in [1.54, 1.807) is 0 Å². The average molecular weight is 357 g/mol. The molecule has 9 heteroatoms. The molecule has 23 heavy (non-hydrogen) atoms. The van der Waals surface area contributed by atoms with Gasteiger partial charge in [-0.2, -0.15) is 5.10 Å². The number of carbonyl (C=O) groups is 1. The van der Waals surface area contributed by atoms with E-state index in [0.29, 0.717) is 23.5 Å². The Morgan fingerprint density at radius 3 is 2.70 bits per heavy atom. The normalized spacial score (nSPS) is 11.9. The third-order valence-electron chi connectivity index (χ3n) is 3.32. The molecule has 0 radical (unpaired) electrons. The van der Waals surface area contributed by atoms with Crippen LogP contribution in [0.2, 0.25) is 30.8 Å². The summed E-state index contributed by atoms with van der Waals surface area (Å²) in [5.41, 5.74) is 7.00. The van der Waals surface area contributed by atoms with Crippen molar-refractivity contribution in [3.8, 4) is 0 Å². The molecule has 0 aliphatic heterocycles. The van der Waals surface area contributed by atoms with Crippen molar-refractivity contribution in [2.24, 2.45) is 0 Å². The third kappa shape index (κ3) is 4.21. The molecule has 2 N–H and O–H groups in total. The molecule has 0 aromatic carbocycles. The highest BCUT2D eigenvalue weighted by Gasteiger charge is 2.20. The van der Waals surface area contributed by atoms with Crippen LogP contribution in [0.15, 0.2) is 6.07 Å². The standard InChI is InChI=1S/C14H21ClN4O3Si/c1-21-14(20)9-7-10(15)17-12-11(9)18-19(13(12)16)8-22-5-6-23(2,3)4/h7H,5-6,8,16H2,1-4H3. The van der Waals surface area contributed by atoms with E-state index in [-0.39, 0.29) is 17.4 Å². The molecule has 2 rings (SSSR count). The van der Waals surface area contributed by atoms with Crippen LogP contribution in [0.25, 0.3) is 11.0 Å². The summed E-state index contributed by atoms with van der Waals surface area (Å²) in [6.07, 6.45) is 0. The van der Waals surface area contributed by atoms with Crippen molar-refractivity contribution in [1.82, 2.24) is 14.8 Å². The quantitative estimate of drug-likeness (QED) is 0.370. The molecule has 0 atom stereocenters. The zero-order valence-corrected chi connectivity index (χ0v) is 15.5. The van der Waals surface area contributed by atoms with Crippen LogP contribution in [-0.4, -0.2) is 42.5 Å². The summed E-state index contributed by atoms with van der Waals surface area (Å²) < 4.78 is 11.9. The molecular weight excluding hydrogens is 336 g/mol. The number of nitrogens with zero attached hydrogens (tertiary/aromatic N) is 3. The molecule has 2 heterocycles. The SMILES string of the molecule is COC(=O)c1cc(Cl)nc2c(N)n(COCC[Si](C)(C)C)nc12. The number of fused-ring (bicyclic) bond motifs is 1. The van der Waals surface area contributed by atoms with Crippen molar-refractivity contribution in [2.45, 2.75) is 32.4 Å². The molecule has 0 fully saturated rings. The van der Waals surface area contributed by atoms with Gasteiger partial charge >= 0.3 is 5.97 Å². The Bertz CT molecular complexity index is 727. The number of hydrogen-bond acceptors (Lipinski definition) is 6. The number of nitrogen functional groups attached to an aromatic ring is 1. The molecule has 2 aromatic rings. The number of anilines is 1. The Hall–Kier alpha value is -1.64. The Balaban J connectivity index is 2.25. The van der Waals surface area contributed by atoms with Crippen molar-refractivity contribution < 1.29 is 14.3 Å². The molecule has 0 spiro atoms. The minimum Gasteiger partial charge on any atom is -0.465 e. The third-order valence-corrected chi connectivity index (χ3v) is 5.22. The van der Waals surface area contributed by atoms with E-state index in [1.807, 2.05) is 0 Å². The highest BCUT2D eigenvalue weighted by molar-refractivity contribution is 6.76. The summed E-state index contributed by atoms with van der Waals surface area (Å²) in [6, 6.07) is 2.46. The minimum atomic E-state index is -1.15. The van der Waals surface area contributed by atoms with Crippen molar-refractivity contribution >= 4 is 42.5 Å². The summed E-state index contributed by atoms with van der Waals surface area (Å²) in [7, 11) is 0.140. The number of esters is 1. The summed E-state index contributed by atoms with van der Waals surface area (Å²) in [5, 5.41) is 4.47. The lowest BCUT2D eigenvalue weighted by Crippen LogP contribution is -2.22. The van der Waals surface area contributed by atoms with E-state index >= 15 is 0 Å². The molecule has 0 saturated heterocycles. The van der Waals surface area contributed by atoms with E-state index in [1.165, 1.54) is 17.9 Å². The lowest BCUT2D eigenvalue weighted by Gasteiger charge is -2.15. The number of ether oxygens (including phenoxy) is 2. The molecule has 0 unspecified atom stereocenters. The zero-order chi connectivity index (χ0) is 17.2. The van der Waals surface area contributed by atoms with Gasteiger partial charge in [0.2, 0.25) is 0 Å². The number of aromatic nitrogens is 3. The first kappa shape index (κ1) is 17.7. The van der Waals surface area contributed by atoms with Crippen LogP contribution >= 0.6 is 11.6 Å². The molecule has 0 saturated carbocycles. The summed E-state index contributed by atoms with van der Waals surface area (Å²) in [6.45, 7) is 7.68. The van der Waals surface area contributed by atoms with Gasteiger partial charge in [-0.15, -0.1) is 0 Å². The van der Waals surface area contributed by atoms with Crippen LogP contribution < -0.4 is 5.73 Å². The molecule has 126 valence electrons. The van der Waals surface area contributed by atoms with Gasteiger partial charge in [0.15, 0.2) is 5.82 Å². The Kier molecular flexibility index (Phi) is 5.28. The maximum absolute atomic E-state index is 11.8. The maximum Gasteiger partial charge on any atom is 0.340 e. The van der Waals surface area contributed by atoms with Gasteiger partial charge < -0.3 is 15.2 Å². The fourth-order valence-electron chi connectivity index (χ4n) is 1.98. The van der Waals surface area contributed by atoms with Crippen molar-refractivity contribution in [3.05, 3.63) is 16.8 Å². The van der Waals surface area contributed by atoms with E-state index in [0.717, 1.165) is 6.04 Å². The zero-order valence-electron chi connectivity index (χ0n) is 13.7. The van der Waals surface area contributed by atoms with Crippen LogP contribution in [0.5, 0.6) is 0 Å². The van der Waals surface area contributed by atoms with Gasteiger partial charge in [0, 0.05) is 14.7 Å². The molecular formula is C14H21ClN4O3Si. The highest BCUT2D eigenvalue weighted by Crippen LogP contribution is 2.25. The van der Waals surface area contributed by atoms with Gasteiger partial charge in [-0.1, -0.05) is 31.2 Å². The van der Waals surface area contributed by atoms with Crippen LogP contribution in [0.1, 0.15) is 10.4 Å². The first-order valence-electron chi connectivity index (χ1n) is 7.21. The lowest BCUT2D eigenvalue weighted by atomic mass is 10.2. The molecule has 0 aliphatic carbocycles. The van der Waals surface area contributed by atoms with E-state index in [4.69, 9.17) is 26.8 Å². The number of rotatable bonds is 6. The van der Waals surface area contributed by atoms with Gasteiger partial charge in [0.1, 0.15) is 22.9 Å². The van der Waals surface area contributed by atoms with Gasteiger partial charge in [-0.05, 0) is 12.1 Å². The van der Waals surface area contributed by atoms with Crippen LogP contribution in [0.4, 0.5) is 5.82 Å². The number of halogens is 1. The van der Waals surface area contributed by atoms with Crippen LogP contribution in [-0.2, 0) is 16.2 Å². The largest absolute Gasteiger partial charge is 0.465 e. The molecule has 7 nitrogen and oxygen atoms in total. The number of pyridine rings is 1. The average Bonchev–Trinajstić information content (AvgIpc) is 2.78. The summed E-state index contributed by atoms with van der Waals surface area (Å²) in [4.78, 5) is 16.0. The second kappa shape index (κ2) is 6.86. The Morgan fingerprint density at radius 2 is 2.09 bits per heavy atom. The van der Waals surface area contributed by atoms with Crippen LogP contribution in [0, 0.1) is 0 Å². The lowest BCUT2D eigenvalue weighted by molar-refractivity contribution is 0.0602. The fourth-order valence-corrected chi connectivity index (χ4v) is 2.93. The number of methoxy groups -OCH3 is 1. The smallest absolute Gasteiger partial charge is 0.340 e. The minimum absolute atomic E-state index is 0.156. The van der Waals surface area contributed by atoms with Gasteiger partial charge in [-0.3, -0.25) is 0 Å². The van der Waals surface area contributed by atoms with E-state index in [9.17, 15) is 4.79 Å². The summed E-state index contributed by atoms with van der Waals surface area (Å²) >= 11 is 5.94. The van der Waals surface area contributed by atoms with Gasteiger partial charge in [0.25, 0.3) is 0 Å². The molecule has 2 aromatic heterocycles. The number of carbonyl (C=O) groups excluding carboxylic acids is 1.